The summed E-state index contributed by atoms with van der Waals surface area (Å²) in [6.45, 7) is 4.73. The molecule has 0 radical (unpaired) electrons. The normalized spacial score (nSPS) is 14.4. The molecule has 1 aliphatic rings. The summed E-state index contributed by atoms with van der Waals surface area (Å²) in [5, 5.41) is 4.03. The lowest BCUT2D eigenvalue weighted by molar-refractivity contribution is 0.624. The molecule has 31 heavy (non-hydrogen) atoms. The zero-order valence-electron chi connectivity index (χ0n) is 17.5. The van der Waals surface area contributed by atoms with Crippen molar-refractivity contribution in [1.29, 1.82) is 0 Å². The van der Waals surface area contributed by atoms with E-state index in [-0.39, 0.29) is 5.41 Å². The average Bonchev–Trinajstić information content (AvgIpc) is 3.41. The van der Waals surface area contributed by atoms with E-state index in [1.54, 1.807) is 0 Å². The van der Waals surface area contributed by atoms with Crippen molar-refractivity contribution in [3.05, 3.63) is 102 Å². The van der Waals surface area contributed by atoms with Crippen molar-refractivity contribution in [2.75, 3.05) is 0 Å². The number of aromatic nitrogens is 1. The number of hydrogen-bond donors (Lipinski definition) is 0. The summed E-state index contributed by atoms with van der Waals surface area (Å²) < 4.78 is 5.21. The van der Waals surface area contributed by atoms with Crippen molar-refractivity contribution in [2.45, 2.75) is 19.3 Å². The Kier molecular flexibility index (Phi) is 3.28. The summed E-state index contributed by atoms with van der Waals surface area (Å²) in [5.41, 5.74) is 8.06. The Balaban J connectivity index is 1.62. The van der Waals surface area contributed by atoms with Crippen molar-refractivity contribution in [2.24, 2.45) is 0 Å². The highest BCUT2D eigenvalue weighted by molar-refractivity contribution is 7.25. The summed E-state index contributed by atoms with van der Waals surface area (Å²) in [6.07, 6.45) is 0. The van der Waals surface area contributed by atoms with E-state index < -0.39 is 0 Å². The van der Waals surface area contributed by atoms with Gasteiger partial charge in [0, 0.05) is 47.9 Å². The topological polar surface area (TPSA) is 4.93 Å². The predicted octanol–water partition coefficient (Wildman–Crippen LogP) is 8.30. The minimum Gasteiger partial charge on any atom is -0.312 e. The van der Waals surface area contributed by atoms with Gasteiger partial charge in [-0.1, -0.05) is 74.5 Å². The fraction of sp³-hybridized carbons (Fsp3) is 0.103. The predicted molar refractivity (Wildman–Crippen MR) is 134 cm³/mol. The van der Waals surface area contributed by atoms with Gasteiger partial charge in [-0.05, 0) is 41.5 Å². The van der Waals surface area contributed by atoms with E-state index >= 15 is 0 Å². The van der Waals surface area contributed by atoms with Gasteiger partial charge in [0.1, 0.15) is 0 Å². The average molecular weight is 416 g/mol. The van der Waals surface area contributed by atoms with Crippen molar-refractivity contribution >= 4 is 42.4 Å². The molecule has 148 valence electrons. The lowest BCUT2D eigenvalue weighted by Crippen LogP contribution is -2.19. The van der Waals surface area contributed by atoms with Gasteiger partial charge < -0.3 is 4.57 Å². The Morgan fingerprint density at radius 2 is 1.39 bits per heavy atom. The zero-order valence-corrected chi connectivity index (χ0v) is 18.3. The van der Waals surface area contributed by atoms with Crippen molar-refractivity contribution in [3.8, 4) is 16.8 Å². The maximum Gasteiger partial charge on any atom is 0.0538 e. The molecule has 0 amide bonds. The fourth-order valence-corrected chi connectivity index (χ4v) is 6.69. The zero-order chi connectivity index (χ0) is 20.7. The van der Waals surface area contributed by atoms with Crippen LogP contribution < -0.4 is 0 Å². The van der Waals surface area contributed by atoms with E-state index in [2.05, 4.69) is 109 Å². The Morgan fingerprint density at radius 3 is 2.29 bits per heavy atom. The molecule has 0 saturated carbocycles. The summed E-state index contributed by atoms with van der Waals surface area (Å²) in [4.78, 5) is 0. The van der Waals surface area contributed by atoms with Gasteiger partial charge in [0.15, 0.2) is 0 Å². The van der Waals surface area contributed by atoms with Gasteiger partial charge in [-0.25, -0.2) is 0 Å². The van der Waals surface area contributed by atoms with Gasteiger partial charge in [-0.2, -0.15) is 0 Å². The Bertz CT molecular complexity index is 1660. The molecule has 2 aromatic heterocycles. The third-order valence-corrected chi connectivity index (χ3v) is 8.11. The number of hydrogen-bond acceptors (Lipinski definition) is 1. The highest BCUT2D eigenvalue weighted by Crippen LogP contribution is 2.53. The second kappa shape index (κ2) is 5.87. The molecule has 0 bridgehead atoms. The van der Waals surface area contributed by atoms with E-state index in [4.69, 9.17) is 0 Å². The largest absolute Gasteiger partial charge is 0.312 e. The SMILES string of the molecule is CC1(C)c2ccccc2-c2c1n(-c1ccc3sc4ccccc4c3c1)c1ccccc21. The Labute approximate surface area is 185 Å². The molecule has 0 atom stereocenters. The number of fused-ring (bicyclic) bond motifs is 8. The van der Waals surface area contributed by atoms with Crippen LogP contribution >= 0.6 is 11.3 Å². The van der Waals surface area contributed by atoms with Crippen LogP contribution in [-0.2, 0) is 5.41 Å². The van der Waals surface area contributed by atoms with E-state index in [0.717, 1.165) is 0 Å². The quantitative estimate of drug-likeness (QED) is 0.254. The first-order valence-electron chi connectivity index (χ1n) is 10.8. The minimum absolute atomic E-state index is 0.0589. The Morgan fingerprint density at radius 1 is 0.677 bits per heavy atom. The molecular weight excluding hydrogens is 394 g/mol. The lowest BCUT2D eigenvalue weighted by atomic mass is 9.85. The third kappa shape index (κ3) is 2.15. The van der Waals surface area contributed by atoms with E-state index in [1.807, 2.05) is 11.3 Å². The monoisotopic (exact) mass is 415 g/mol. The number of para-hydroxylation sites is 1. The lowest BCUT2D eigenvalue weighted by Gasteiger charge is -2.24. The van der Waals surface area contributed by atoms with Crippen LogP contribution in [0.1, 0.15) is 25.1 Å². The van der Waals surface area contributed by atoms with Crippen LogP contribution in [0.4, 0.5) is 0 Å². The van der Waals surface area contributed by atoms with Gasteiger partial charge in [0.25, 0.3) is 0 Å². The second-order valence-corrected chi connectivity index (χ2v) is 10.1. The molecule has 0 fully saturated rings. The molecule has 0 spiro atoms. The molecule has 2 heterocycles. The van der Waals surface area contributed by atoms with Gasteiger partial charge >= 0.3 is 0 Å². The van der Waals surface area contributed by atoms with Gasteiger partial charge in [-0.3, -0.25) is 0 Å². The number of thiophene rings is 1. The van der Waals surface area contributed by atoms with Gasteiger partial charge in [-0.15, -0.1) is 11.3 Å². The van der Waals surface area contributed by atoms with Crippen molar-refractivity contribution < 1.29 is 0 Å². The molecule has 6 aromatic rings. The summed E-state index contributed by atoms with van der Waals surface area (Å²) in [6, 6.07) is 33.5. The standard InChI is InChI=1S/C29H21NS/c1-29(2)23-12-6-3-10-20(23)27-21-11-4-7-13-24(21)30(28(27)29)18-15-16-26-22(17-18)19-9-5-8-14-25(19)31-26/h3-17H,1-2H3. The molecule has 0 saturated heterocycles. The molecule has 0 aliphatic heterocycles. The molecule has 1 aliphatic carbocycles. The summed E-state index contributed by atoms with van der Waals surface area (Å²) in [7, 11) is 0. The van der Waals surface area contributed by atoms with Crippen LogP contribution in [0.5, 0.6) is 0 Å². The molecule has 2 heteroatoms. The highest BCUT2D eigenvalue weighted by Gasteiger charge is 2.40. The Hall–Kier alpha value is -3.36. The summed E-state index contributed by atoms with van der Waals surface area (Å²) >= 11 is 1.88. The van der Waals surface area contributed by atoms with Crippen molar-refractivity contribution in [3.63, 3.8) is 0 Å². The number of nitrogens with zero attached hydrogens (tertiary/aromatic N) is 1. The maximum absolute atomic E-state index is 2.51. The number of rotatable bonds is 1. The highest BCUT2D eigenvalue weighted by atomic mass is 32.1. The minimum atomic E-state index is -0.0589. The van der Waals surface area contributed by atoms with E-state index in [9.17, 15) is 0 Å². The van der Waals surface area contributed by atoms with E-state index in [0.29, 0.717) is 0 Å². The third-order valence-electron chi connectivity index (χ3n) is 6.95. The van der Waals surface area contributed by atoms with Crippen LogP contribution in [0.25, 0.3) is 47.9 Å². The maximum atomic E-state index is 2.51. The first-order chi connectivity index (χ1) is 15.1. The fourth-order valence-electron chi connectivity index (χ4n) is 5.60. The molecular formula is C29H21NS. The molecule has 7 rings (SSSR count). The molecule has 0 unspecified atom stereocenters. The summed E-state index contributed by atoms with van der Waals surface area (Å²) in [5.74, 6) is 0. The van der Waals surface area contributed by atoms with Crippen LogP contribution in [-0.4, -0.2) is 4.57 Å². The number of benzene rings is 4. The first-order valence-corrected chi connectivity index (χ1v) is 11.6. The molecule has 0 N–H and O–H groups in total. The van der Waals surface area contributed by atoms with Crippen LogP contribution in [0.3, 0.4) is 0 Å². The second-order valence-electron chi connectivity index (χ2n) is 9.03. The van der Waals surface area contributed by atoms with Gasteiger partial charge in [0.05, 0.1) is 5.52 Å². The van der Waals surface area contributed by atoms with Crippen molar-refractivity contribution in [1.82, 2.24) is 4.57 Å². The molecule has 1 nitrogen and oxygen atoms in total. The molecule has 4 aromatic carbocycles. The van der Waals surface area contributed by atoms with Crippen LogP contribution in [0.15, 0.2) is 91.0 Å². The van der Waals surface area contributed by atoms with E-state index in [1.165, 1.54) is 59.1 Å². The van der Waals surface area contributed by atoms with Crippen LogP contribution in [0.2, 0.25) is 0 Å². The first kappa shape index (κ1) is 17.3. The van der Waals surface area contributed by atoms with Gasteiger partial charge in [0.2, 0.25) is 0 Å². The van der Waals surface area contributed by atoms with Crippen LogP contribution in [0, 0.1) is 0 Å². The smallest absolute Gasteiger partial charge is 0.0538 e.